The Morgan fingerprint density at radius 2 is 2.22 bits per heavy atom. The standard InChI is InChI=1S/C16H26N6S/c1-4-17-16(19-11-14-8-10-20-22(14)3)18-9-6-5-7-15-21-13(2)12-23-15/h8,10,12H,4-7,9,11H2,1-3H3,(H2,17,18,19). The van der Waals surface area contributed by atoms with Gasteiger partial charge in [-0.1, -0.05) is 0 Å². The molecule has 0 amide bonds. The van der Waals surface area contributed by atoms with E-state index in [2.05, 4.69) is 38.0 Å². The lowest BCUT2D eigenvalue weighted by atomic mass is 10.2. The van der Waals surface area contributed by atoms with Crippen molar-refractivity contribution < 1.29 is 0 Å². The van der Waals surface area contributed by atoms with Crippen LogP contribution in [0.3, 0.4) is 0 Å². The molecule has 0 aliphatic heterocycles. The number of thiazole rings is 1. The molecule has 0 saturated heterocycles. The molecule has 0 radical (unpaired) electrons. The Hall–Kier alpha value is -1.89. The summed E-state index contributed by atoms with van der Waals surface area (Å²) in [4.78, 5) is 9.09. The van der Waals surface area contributed by atoms with Gasteiger partial charge < -0.3 is 10.6 Å². The summed E-state index contributed by atoms with van der Waals surface area (Å²) in [6.07, 6.45) is 5.10. The van der Waals surface area contributed by atoms with E-state index in [0.29, 0.717) is 6.54 Å². The number of hydrogen-bond acceptors (Lipinski definition) is 4. The monoisotopic (exact) mass is 334 g/mol. The second-order valence-corrected chi connectivity index (χ2v) is 6.35. The smallest absolute Gasteiger partial charge is 0.191 e. The second-order valence-electron chi connectivity index (χ2n) is 5.41. The number of guanidine groups is 1. The zero-order valence-corrected chi connectivity index (χ0v) is 15.0. The highest BCUT2D eigenvalue weighted by molar-refractivity contribution is 7.09. The normalized spacial score (nSPS) is 11.7. The topological polar surface area (TPSA) is 67.1 Å². The van der Waals surface area contributed by atoms with Crippen molar-refractivity contribution in [2.45, 2.75) is 39.7 Å². The van der Waals surface area contributed by atoms with Crippen LogP contribution in [0, 0.1) is 6.92 Å². The Labute approximate surface area is 142 Å². The van der Waals surface area contributed by atoms with Crippen LogP contribution in [-0.2, 0) is 20.0 Å². The van der Waals surface area contributed by atoms with Gasteiger partial charge in [0, 0.05) is 37.4 Å². The molecule has 0 atom stereocenters. The summed E-state index contributed by atoms with van der Waals surface area (Å²) in [6, 6.07) is 1.99. The highest BCUT2D eigenvalue weighted by Crippen LogP contribution is 2.11. The van der Waals surface area contributed by atoms with Gasteiger partial charge in [-0.3, -0.25) is 4.68 Å². The highest BCUT2D eigenvalue weighted by Gasteiger charge is 2.01. The fourth-order valence-corrected chi connectivity index (χ4v) is 3.00. The second kappa shape index (κ2) is 9.29. The molecule has 0 spiro atoms. The van der Waals surface area contributed by atoms with Crippen molar-refractivity contribution in [2.75, 3.05) is 13.1 Å². The molecule has 0 unspecified atom stereocenters. The molecule has 2 heterocycles. The molecule has 0 aliphatic rings. The first kappa shape index (κ1) is 17.5. The van der Waals surface area contributed by atoms with Gasteiger partial charge in [-0.2, -0.15) is 5.10 Å². The van der Waals surface area contributed by atoms with Crippen molar-refractivity contribution in [1.29, 1.82) is 0 Å². The van der Waals surface area contributed by atoms with E-state index in [1.807, 2.05) is 24.7 Å². The Bertz CT molecular complexity index is 616. The fraction of sp³-hybridized carbons (Fsp3) is 0.562. The minimum absolute atomic E-state index is 0.629. The first-order chi connectivity index (χ1) is 11.2. The number of aryl methyl sites for hydroxylation is 3. The quantitative estimate of drug-likeness (QED) is 0.441. The van der Waals surface area contributed by atoms with E-state index in [9.17, 15) is 0 Å². The molecule has 6 nitrogen and oxygen atoms in total. The van der Waals surface area contributed by atoms with Gasteiger partial charge in [-0.05, 0) is 39.2 Å². The number of nitrogens with one attached hydrogen (secondary N) is 2. The summed E-state index contributed by atoms with van der Waals surface area (Å²) in [6.45, 7) is 6.52. The van der Waals surface area contributed by atoms with Gasteiger partial charge in [0.1, 0.15) is 0 Å². The minimum atomic E-state index is 0.629. The molecule has 2 aromatic rings. The van der Waals surface area contributed by atoms with Crippen LogP contribution in [0.25, 0.3) is 0 Å². The lowest BCUT2D eigenvalue weighted by molar-refractivity contribution is 0.685. The number of aliphatic imine (C=N–C) groups is 1. The number of unbranched alkanes of at least 4 members (excludes halogenated alkanes) is 1. The van der Waals surface area contributed by atoms with E-state index in [4.69, 9.17) is 0 Å². The summed E-state index contributed by atoms with van der Waals surface area (Å²) >= 11 is 1.75. The van der Waals surface area contributed by atoms with E-state index in [-0.39, 0.29) is 0 Å². The molecule has 7 heteroatoms. The highest BCUT2D eigenvalue weighted by atomic mass is 32.1. The maximum absolute atomic E-state index is 4.60. The van der Waals surface area contributed by atoms with E-state index < -0.39 is 0 Å². The molecule has 2 N–H and O–H groups in total. The van der Waals surface area contributed by atoms with Crippen LogP contribution in [0.1, 0.15) is 36.2 Å². The molecule has 126 valence electrons. The molecule has 2 rings (SSSR count). The van der Waals surface area contributed by atoms with Gasteiger partial charge in [0.05, 0.1) is 17.2 Å². The fourth-order valence-electron chi connectivity index (χ4n) is 2.18. The molecule has 2 aromatic heterocycles. The van der Waals surface area contributed by atoms with Gasteiger partial charge in [-0.25, -0.2) is 9.98 Å². The van der Waals surface area contributed by atoms with Crippen molar-refractivity contribution in [1.82, 2.24) is 25.4 Å². The van der Waals surface area contributed by atoms with Gasteiger partial charge in [0.2, 0.25) is 0 Å². The van der Waals surface area contributed by atoms with Crippen molar-refractivity contribution in [3.8, 4) is 0 Å². The maximum Gasteiger partial charge on any atom is 0.191 e. The molecule has 0 aromatic carbocycles. The van der Waals surface area contributed by atoms with Gasteiger partial charge >= 0.3 is 0 Å². The minimum Gasteiger partial charge on any atom is -0.357 e. The molecular formula is C16H26N6S. The third kappa shape index (κ3) is 6.02. The molecular weight excluding hydrogens is 308 g/mol. The Morgan fingerprint density at radius 1 is 1.35 bits per heavy atom. The van der Waals surface area contributed by atoms with Gasteiger partial charge in [0.25, 0.3) is 0 Å². The lowest BCUT2D eigenvalue weighted by Crippen LogP contribution is -2.37. The number of rotatable bonds is 8. The average Bonchev–Trinajstić information content (AvgIpc) is 3.13. The molecule has 0 saturated carbocycles. The largest absolute Gasteiger partial charge is 0.357 e. The first-order valence-electron chi connectivity index (χ1n) is 8.09. The number of nitrogens with zero attached hydrogens (tertiary/aromatic N) is 4. The van der Waals surface area contributed by atoms with Gasteiger partial charge in [0.15, 0.2) is 5.96 Å². The van der Waals surface area contributed by atoms with Crippen LogP contribution in [-0.4, -0.2) is 33.8 Å². The van der Waals surface area contributed by atoms with E-state index in [0.717, 1.165) is 49.7 Å². The van der Waals surface area contributed by atoms with Crippen LogP contribution in [0.15, 0.2) is 22.6 Å². The van der Waals surface area contributed by atoms with Crippen LogP contribution in [0.4, 0.5) is 0 Å². The SMILES string of the molecule is CCNC(=NCc1ccnn1C)NCCCCc1nc(C)cs1. The van der Waals surface area contributed by atoms with Crippen molar-refractivity contribution >= 4 is 17.3 Å². The third-order valence-corrected chi connectivity index (χ3v) is 4.47. The Morgan fingerprint density at radius 3 is 2.87 bits per heavy atom. The zero-order chi connectivity index (χ0) is 16.5. The summed E-state index contributed by atoms with van der Waals surface area (Å²) < 4.78 is 1.85. The van der Waals surface area contributed by atoms with Crippen molar-refractivity contribution in [2.24, 2.45) is 12.0 Å². The molecule has 0 fully saturated rings. The summed E-state index contributed by atoms with van der Waals surface area (Å²) in [5, 5.41) is 14.2. The van der Waals surface area contributed by atoms with E-state index in [1.165, 1.54) is 5.01 Å². The number of aromatic nitrogens is 3. The van der Waals surface area contributed by atoms with Gasteiger partial charge in [-0.15, -0.1) is 11.3 Å². The maximum atomic E-state index is 4.60. The predicted molar refractivity (Wildman–Crippen MR) is 95.8 cm³/mol. The van der Waals surface area contributed by atoms with Crippen LogP contribution in [0.5, 0.6) is 0 Å². The Kier molecular flexibility index (Phi) is 7.06. The zero-order valence-electron chi connectivity index (χ0n) is 14.2. The van der Waals surface area contributed by atoms with Crippen molar-refractivity contribution in [3.05, 3.63) is 34.0 Å². The first-order valence-corrected chi connectivity index (χ1v) is 8.97. The molecule has 0 bridgehead atoms. The van der Waals surface area contributed by atoms with E-state index in [1.54, 1.807) is 17.5 Å². The lowest BCUT2D eigenvalue weighted by Gasteiger charge is -2.11. The summed E-state index contributed by atoms with van der Waals surface area (Å²) in [7, 11) is 1.94. The average molecular weight is 334 g/mol. The van der Waals surface area contributed by atoms with E-state index >= 15 is 0 Å². The molecule has 23 heavy (non-hydrogen) atoms. The van der Waals surface area contributed by atoms with Crippen LogP contribution in [0.2, 0.25) is 0 Å². The summed E-state index contributed by atoms with van der Waals surface area (Å²) in [5.41, 5.74) is 2.22. The van der Waals surface area contributed by atoms with Crippen LogP contribution >= 0.6 is 11.3 Å². The molecule has 0 aliphatic carbocycles. The van der Waals surface area contributed by atoms with Crippen molar-refractivity contribution in [3.63, 3.8) is 0 Å². The summed E-state index contributed by atoms with van der Waals surface area (Å²) in [5.74, 6) is 0.860. The Balaban J connectivity index is 1.70. The third-order valence-electron chi connectivity index (χ3n) is 3.44. The van der Waals surface area contributed by atoms with Crippen LogP contribution < -0.4 is 10.6 Å². The number of hydrogen-bond donors (Lipinski definition) is 2. The predicted octanol–water partition coefficient (Wildman–Crippen LogP) is 2.26.